The lowest BCUT2D eigenvalue weighted by molar-refractivity contribution is 0.100. The number of aliphatic hydroxyl groups excluding tert-OH is 1. The molecule has 0 radical (unpaired) electrons. The number of rotatable bonds is 10. The summed E-state index contributed by atoms with van der Waals surface area (Å²) in [5, 5.41) is 25.9. The Kier molecular flexibility index (Phi) is 7.16. The molecule has 9 N–H and O–H groups in total. The smallest absolute Gasteiger partial charge is 0.254 e. The molecule has 1 aromatic carbocycles. The summed E-state index contributed by atoms with van der Waals surface area (Å²) in [6.07, 6.45) is 3.63. The van der Waals surface area contributed by atoms with E-state index in [9.17, 15) is 9.90 Å². The molecule has 0 saturated carbocycles. The molecule has 27 heavy (non-hydrogen) atoms. The molecule has 0 fully saturated rings. The minimum Gasteiger partial charge on any atom is -0.394 e. The minimum absolute atomic E-state index is 0.106. The van der Waals surface area contributed by atoms with Gasteiger partial charge in [0.25, 0.3) is 5.91 Å². The number of nitrogens with zero attached hydrogens (tertiary/aromatic N) is 3. The van der Waals surface area contributed by atoms with Crippen molar-refractivity contribution in [3.05, 3.63) is 36.0 Å². The summed E-state index contributed by atoms with van der Waals surface area (Å²) >= 11 is 0. The van der Waals surface area contributed by atoms with Crippen molar-refractivity contribution < 1.29 is 9.90 Å². The summed E-state index contributed by atoms with van der Waals surface area (Å²) in [5.74, 6) is -0.294. The van der Waals surface area contributed by atoms with Crippen molar-refractivity contribution in [3.63, 3.8) is 0 Å². The standard InChI is InChI=1S/C16H21N9O2/c17-4-5-21-25-11-3-1-2-10(6-11)22-15-13(14(19)27)8-20-16(24-15)23-12(7-18)9-26/h1-6,8,12,17,25-26H,7,9,18H2,(H2,19,27)(H2,20,22,23,24)/b17-4?,21-5-/t12-/m0/s1. The Balaban J connectivity index is 2.27. The first kappa shape index (κ1) is 19.8. The van der Waals surface area contributed by atoms with Gasteiger partial charge in [0, 0.05) is 24.6 Å². The molecule has 2 aromatic rings. The maximum Gasteiger partial charge on any atom is 0.254 e. The van der Waals surface area contributed by atoms with E-state index in [-0.39, 0.29) is 30.5 Å². The number of nitrogens with one attached hydrogen (secondary N) is 4. The zero-order valence-electron chi connectivity index (χ0n) is 14.4. The highest BCUT2D eigenvalue weighted by molar-refractivity contribution is 6.14. The number of aromatic nitrogens is 2. The van der Waals surface area contributed by atoms with E-state index in [0.29, 0.717) is 11.4 Å². The molecule has 11 nitrogen and oxygen atoms in total. The van der Waals surface area contributed by atoms with Crippen molar-refractivity contribution in [1.29, 1.82) is 5.41 Å². The van der Waals surface area contributed by atoms with Crippen molar-refractivity contribution in [2.24, 2.45) is 16.6 Å². The summed E-state index contributed by atoms with van der Waals surface area (Å²) in [4.78, 5) is 19.9. The molecule has 0 bridgehead atoms. The van der Waals surface area contributed by atoms with Crippen molar-refractivity contribution in [2.45, 2.75) is 6.04 Å². The third-order valence-corrected chi connectivity index (χ3v) is 3.36. The van der Waals surface area contributed by atoms with E-state index < -0.39 is 11.9 Å². The summed E-state index contributed by atoms with van der Waals surface area (Å²) < 4.78 is 0. The maximum absolute atomic E-state index is 11.7. The second-order valence-electron chi connectivity index (χ2n) is 5.34. The summed E-state index contributed by atoms with van der Waals surface area (Å²) in [5.41, 5.74) is 15.1. The molecule has 0 unspecified atom stereocenters. The first-order valence-corrected chi connectivity index (χ1v) is 7.97. The SMILES string of the molecule is N=C/C=N\Nc1cccc(Nc2nc(N[C@@H](CN)CO)ncc2C(N)=O)c1. The number of benzene rings is 1. The molecule has 2 rings (SSSR count). The van der Waals surface area contributed by atoms with Gasteiger partial charge in [0.2, 0.25) is 5.95 Å². The Bertz CT molecular complexity index is 821. The normalized spacial score (nSPS) is 11.8. The molecule has 1 heterocycles. The second-order valence-corrected chi connectivity index (χ2v) is 5.34. The highest BCUT2D eigenvalue weighted by Gasteiger charge is 2.14. The van der Waals surface area contributed by atoms with Gasteiger partial charge in [-0.05, 0) is 18.2 Å². The molecule has 0 saturated heterocycles. The fourth-order valence-corrected chi connectivity index (χ4v) is 2.04. The summed E-state index contributed by atoms with van der Waals surface area (Å²) in [6, 6.07) is 6.63. The molecule has 1 aromatic heterocycles. The highest BCUT2D eigenvalue weighted by Crippen LogP contribution is 2.22. The van der Waals surface area contributed by atoms with Gasteiger partial charge in [-0.2, -0.15) is 10.1 Å². The lowest BCUT2D eigenvalue weighted by Crippen LogP contribution is -2.33. The highest BCUT2D eigenvalue weighted by atomic mass is 16.3. The van der Waals surface area contributed by atoms with Gasteiger partial charge in [-0.3, -0.25) is 10.2 Å². The van der Waals surface area contributed by atoms with E-state index >= 15 is 0 Å². The van der Waals surface area contributed by atoms with Gasteiger partial charge in [0.05, 0.1) is 24.6 Å². The van der Waals surface area contributed by atoms with Gasteiger partial charge >= 0.3 is 0 Å². The van der Waals surface area contributed by atoms with Crippen LogP contribution >= 0.6 is 0 Å². The molecule has 0 aliphatic heterocycles. The maximum atomic E-state index is 11.7. The van der Waals surface area contributed by atoms with Crippen LogP contribution in [0.4, 0.5) is 23.1 Å². The van der Waals surface area contributed by atoms with E-state index in [1.165, 1.54) is 12.4 Å². The summed E-state index contributed by atoms with van der Waals surface area (Å²) in [7, 11) is 0. The van der Waals surface area contributed by atoms with Crippen LogP contribution in [0.3, 0.4) is 0 Å². The predicted octanol–water partition coefficient (Wildman–Crippen LogP) is 0.0979. The van der Waals surface area contributed by atoms with E-state index in [1.54, 1.807) is 24.3 Å². The van der Waals surface area contributed by atoms with Crippen LogP contribution in [0, 0.1) is 5.41 Å². The Hall–Kier alpha value is -3.57. The number of nitrogens with two attached hydrogens (primary N) is 2. The molecular weight excluding hydrogens is 350 g/mol. The fraction of sp³-hybridized carbons (Fsp3) is 0.188. The number of primary amides is 1. The number of hydrogen-bond donors (Lipinski definition) is 7. The Morgan fingerprint density at radius 1 is 1.41 bits per heavy atom. The van der Waals surface area contributed by atoms with E-state index in [2.05, 4.69) is 31.1 Å². The fourth-order valence-electron chi connectivity index (χ4n) is 2.04. The van der Waals surface area contributed by atoms with Gasteiger partial charge < -0.3 is 32.6 Å². The molecule has 0 aliphatic rings. The number of anilines is 4. The molecule has 142 valence electrons. The van der Waals surface area contributed by atoms with Crippen LogP contribution in [0.25, 0.3) is 0 Å². The lowest BCUT2D eigenvalue weighted by atomic mass is 10.2. The van der Waals surface area contributed by atoms with Crippen LogP contribution < -0.4 is 27.5 Å². The number of amides is 1. The topological polar surface area (TPSA) is 187 Å². The molecule has 1 atom stereocenters. The average molecular weight is 371 g/mol. The second kappa shape index (κ2) is 9.79. The zero-order chi connectivity index (χ0) is 19.6. The Morgan fingerprint density at radius 2 is 2.19 bits per heavy atom. The average Bonchev–Trinajstić information content (AvgIpc) is 2.66. The van der Waals surface area contributed by atoms with Gasteiger partial charge in [-0.1, -0.05) is 6.07 Å². The van der Waals surface area contributed by atoms with Crippen molar-refractivity contribution in [2.75, 3.05) is 29.2 Å². The quantitative estimate of drug-likeness (QED) is 0.226. The predicted molar refractivity (Wildman–Crippen MR) is 105 cm³/mol. The summed E-state index contributed by atoms with van der Waals surface area (Å²) in [6.45, 7) is -0.00561. The largest absolute Gasteiger partial charge is 0.394 e. The van der Waals surface area contributed by atoms with Gasteiger partial charge in [-0.25, -0.2) is 4.98 Å². The molecule has 11 heteroatoms. The third-order valence-electron chi connectivity index (χ3n) is 3.36. The van der Waals surface area contributed by atoms with Crippen LogP contribution in [0.15, 0.2) is 35.6 Å². The van der Waals surface area contributed by atoms with Crippen molar-refractivity contribution in [3.8, 4) is 0 Å². The number of hydrogen-bond acceptors (Lipinski definition) is 10. The van der Waals surface area contributed by atoms with Crippen LogP contribution in [-0.2, 0) is 0 Å². The first-order chi connectivity index (χ1) is 13.1. The molecular formula is C16H21N9O2. The number of aliphatic hydroxyl groups is 1. The Labute approximate surface area is 155 Å². The Morgan fingerprint density at radius 3 is 2.85 bits per heavy atom. The first-order valence-electron chi connectivity index (χ1n) is 7.97. The monoisotopic (exact) mass is 371 g/mol. The van der Waals surface area contributed by atoms with Gasteiger partial charge in [0.15, 0.2) is 0 Å². The minimum atomic E-state index is -0.688. The molecule has 0 aliphatic carbocycles. The molecule has 0 spiro atoms. The van der Waals surface area contributed by atoms with Crippen LogP contribution in [0.1, 0.15) is 10.4 Å². The number of carbonyl (C=O) groups excluding carboxylic acids is 1. The van der Waals surface area contributed by atoms with E-state index in [4.69, 9.17) is 16.9 Å². The van der Waals surface area contributed by atoms with Crippen LogP contribution in [0.5, 0.6) is 0 Å². The van der Waals surface area contributed by atoms with E-state index in [1.807, 2.05) is 0 Å². The van der Waals surface area contributed by atoms with Crippen molar-refractivity contribution >= 4 is 41.5 Å². The third kappa shape index (κ3) is 5.73. The van der Waals surface area contributed by atoms with Crippen molar-refractivity contribution in [1.82, 2.24) is 9.97 Å². The van der Waals surface area contributed by atoms with Crippen LogP contribution in [0.2, 0.25) is 0 Å². The zero-order valence-corrected chi connectivity index (χ0v) is 14.4. The molecule has 1 amide bonds. The van der Waals surface area contributed by atoms with E-state index in [0.717, 1.165) is 6.21 Å². The van der Waals surface area contributed by atoms with Gasteiger partial charge in [0.1, 0.15) is 11.4 Å². The number of hydrazone groups is 1. The van der Waals surface area contributed by atoms with Gasteiger partial charge in [-0.15, -0.1) is 0 Å². The lowest BCUT2D eigenvalue weighted by Gasteiger charge is -2.16. The van der Waals surface area contributed by atoms with Crippen LogP contribution in [-0.4, -0.2) is 52.6 Å². The number of carbonyl (C=O) groups is 1.